The Balaban J connectivity index is 1.63. The van der Waals surface area contributed by atoms with Crippen LogP contribution in [0.4, 0.5) is 0 Å². The fourth-order valence-electron chi connectivity index (χ4n) is 2.76. The number of ether oxygens (including phenoxy) is 1. The molecular weight excluding hydrogens is 188 g/mol. The van der Waals surface area contributed by atoms with Crippen molar-refractivity contribution in [2.45, 2.75) is 32.2 Å². The highest BCUT2D eigenvalue weighted by Gasteiger charge is 2.33. The van der Waals surface area contributed by atoms with Crippen LogP contribution >= 0.6 is 0 Å². The molecule has 2 aliphatic heterocycles. The molecule has 0 radical (unpaired) electrons. The highest BCUT2D eigenvalue weighted by Crippen LogP contribution is 2.24. The molecule has 1 N–H and O–H groups in total. The lowest BCUT2D eigenvalue weighted by molar-refractivity contribution is 0.110. The monoisotopic (exact) mass is 212 g/mol. The maximum atomic E-state index is 5.54. The predicted molar refractivity (Wildman–Crippen MR) is 62.1 cm³/mol. The van der Waals surface area contributed by atoms with Crippen molar-refractivity contribution in [3.8, 4) is 0 Å². The third kappa shape index (κ3) is 3.16. The Kier molecular flexibility index (Phi) is 4.42. The molecule has 0 aromatic heterocycles. The summed E-state index contributed by atoms with van der Waals surface area (Å²) in [5.41, 5.74) is 0. The minimum atomic E-state index is 0.768. The molecule has 0 amide bonds. The van der Waals surface area contributed by atoms with Gasteiger partial charge in [0.2, 0.25) is 0 Å². The molecule has 0 bridgehead atoms. The van der Waals surface area contributed by atoms with E-state index in [0.29, 0.717) is 0 Å². The summed E-state index contributed by atoms with van der Waals surface area (Å²) >= 11 is 0. The van der Waals surface area contributed by atoms with Gasteiger partial charge in [0.25, 0.3) is 0 Å². The molecular formula is C12H24N2O. The van der Waals surface area contributed by atoms with Crippen molar-refractivity contribution < 1.29 is 4.74 Å². The van der Waals surface area contributed by atoms with Crippen LogP contribution in [0.5, 0.6) is 0 Å². The number of nitrogens with one attached hydrogen (secondary N) is 1. The number of likely N-dealkylation sites (tertiary alicyclic amines) is 1. The summed E-state index contributed by atoms with van der Waals surface area (Å²) in [6, 6.07) is 0.768. The zero-order valence-corrected chi connectivity index (χ0v) is 9.87. The van der Waals surface area contributed by atoms with Crippen LogP contribution in [0.1, 0.15) is 26.2 Å². The van der Waals surface area contributed by atoms with E-state index in [0.717, 1.165) is 38.1 Å². The smallest absolute Gasteiger partial charge is 0.0593 e. The predicted octanol–water partition coefficient (Wildman–Crippen LogP) is 1.10. The first-order valence-electron chi connectivity index (χ1n) is 6.43. The van der Waals surface area contributed by atoms with Crippen LogP contribution in [0, 0.1) is 5.92 Å². The minimum Gasteiger partial charge on any atom is -0.380 e. The summed E-state index contributed by atoms with van der Waals surface area (Å²) in [7, 11) is 0. The van der Waals surface area contributed by atoms with Crippen molar-refractivity contribution in [1.29, 1.82) is 0 Å². The van der Waals surface area contributed by atoms with Crippen LogP contribution in [-0.4, -0.2) is 50.3 Å². The summed E-state index contributed by atoms with van der Waals surface area (Å²) in [6.45, 7) is 8.85. The van der Waals surface area contributed by atoms with Gasteiger partial charge in [-0.2, -0.15) is 0 Å². The lowest BCUT2D eigenvalue weighted by Crippen LogP contribution is -2.40. The molecule has 0 aliphatic carbocycles. The van der Waals surface area contributed by atoms with Gasteiger partial charge in [-0.3, -0.25) is 4.90 Å². The van der Waals surface area contributed by atoms with Gasteiger partial charge in [-0.05, 0) is 31.7 Å². The van der Waals surface area contributed by atoms with E-state index in [9.17, 15) is 0 Å². The first-order chi connectivity index (χ1) is 7.40. The SMILES string of the molecule is CCCOCCN1C[C@@H]2CCCN[C@@H]2C1. The van der Waals surface area contributed by atoms with Gasteiger partial charge in [-0.1, -0.05) is 6.92 Å². The second kappa shape index (κ2) is 5.83. The maximum Gasteiger partial charge on any atom is 0.0593 e. The minimum absolute atomic E-state index is 0.768. The van der Waals surface area contributed by atoms with Gasteiger partial charge in [-0.25, -0.2) is 0 Å². The third-order valence-electron chi connectivity index (χ3n) is 3.58. The first kappa shape index (κ1) is 11.4. The van der Waals surface area contributed by atoms with Crippen molar-refractivity contribution in [3.05, 3.63) is 0 Å². The Morgan fingerprint density at radius 3 is 3.07 bits per heavy atom. The number of nitrogens with zero attached hydrogens (tertiary/aromatic N) is 1. The van der Waals surface area contributed by atoms with Gasteiger partial charge in [0.1, 0.15) is 0 Å². The van der Waals surface area contributed by atoms with Crippen molar-refractivity contribution in [3.63, 3.8) is 0 Å². The van der Waals surface area contributed by atoms with Crippen molar-refractivity contribution in [2.75, 3.05) is 39.4 Å². The summed E-state index contributed by atoms with van der Waals surface area (Å²) in [6.07, 6.45) is 3.91. The molecule has 2 atom stereocenters. The average molecular weight is 212 g/mol. The van der Waals surface area contributed by atoms with Gasteiger partial charge in [-0.15, -0.1) is 0 Å². The highest BCUT2D eigenvalue weighted by molar-refractivity contribution is 4.91. The van der Waals surface area contributed by atoms with Crippen LogP contribution < -0.4 is 5.32 Å². The molecule has 15 heavy (non-hydrogen) atoms. The fraction of sp³-hybridized carbons (Fsp3) is 1.00. The highest BCUT2D eigenvalue weighted by atomic mass is 16.5. The number of hydrogen-bond acceptors (Lipinski definition) is 3. The average Bonchev–Trinajstić information content (AvgIpc) is 2.67. The van der Waals surface area contributed by atoms with E-state index in [-0.39, 0.29) is 0 Å². The lowest BCUT2D eigenvalue weighted by Gasteiger charge is -2.24. The maximum absolute atomic E-state index is 5.54. The van der Waals surface area contributed by atoms with Crippen LogP contribution in [0.2, 0.25) is 0 Å². The summed E-state index contributed by atoms with van der Waals surface area (Å²) in [4.78, 5) is 2.56. The second-order valence-electron chi connectivity index (χ2n) is 4.83. The first-order valence-corrected chi connectivity index (χ1v) is 6.43. The van der Waals surface area contributed by atoms with Gasteiger partial charge in [0.05, 0.1) is 6.61 Å². The lowest BCUT2D eigenvalue weighted by atomic mass is 9.94. The largest absolute Gasteiger partial charge is 0.380 e. The Labute approximate surface area is 93.2 Å². The van der Waals surface area contributed by atoms with E-state index >= 15 is 0 Å². The molecule has 3 nitrogen and oxygen atoms in total. The summed E-state index contributed by atoms with van der Waals surface area (Å²) < 4.78 is 5.54. The number of fused-ring (bicyclic) bond motifs is 1. The molecule has 2 heterocycles. The Bertz CT molecular complexity index is 172. The van der Waals surface area contributed by atoms with Gasteiger partial charge in [0.15, 0.2) is 0 Å². The summed E-state index contributed by atoms with van der Waals surface area (Å²) in [5.74, 6) is 0.907. The quantitative estimate of drug-likeness (QED) is 0.691. The van der Waals surface area contributed by atoms with Crippen LogP contribution in [-0.2, 0) is 4.74 Å². The molecule has 2 fully saturated rings. The normalized spacial score (nSPS) is 31.8. The molecule has 3 heteroatoms. The van der Waals surface area contributed by atoms with Gasteiger partial charge in [0, 0.05) is 32.3 Å². The van der Waals surface area contributed by atoms with E-state index < -0.39 is 0 Å². The third-order valence-corrected chi connectivity index (χ3v) is 3.58. The summed E-state index contributed by atoms with van der Waals surface area (Å²) in [5, 5.41) is 3.63. The van der Waals surface area contributed by atoms with Crippen LogP contribution in [0.25, 0.3) is 0 Å². The van der Waals surface area contributed by atoms with Crippen molar-refractivity contribution >= 4 is 0 Å². The van der Waals surface area contributed by atoms with E-state index in [1.165, 1.54) is 32.5 Å². The molecule has 0 saturated carbocycles. The Morgan fingerprint density at radius 2 is 2.27 bits per heavy atom. The molecule has 2 aliphatic rings. The van der Waals surface area contributed by atoms with Crippen LogP contribution in [0.15, 0.2) is 0 Å². The molecule has 0 aromatic carbocycles. The Hall–Kier alpha value is -0.120. The topological polar surface area (TPSA) is 24.5 Å². The van der Waals surface area contributed by atoms with E-state index in [2.05, 4.69) is 17.1 Å². The molecule has 0 unspecified atom stereocenters. The molecule has 0 aromatic rings. The van der Waals surface area contributed by atoms with Crippen molar-refractivity contribution in [2.24, 2.45) is 5.92 Å². The fourth-order valence-corrected chi connectivity index (χ4v) is 2.76. The van der Waals surface area contributed by atoms with E-state index in [1.807, 2.05) is 0 Å². The second-order valence-corrected chi connectivity index (χ2v) is 4.83. The Morgan fingerprint density at radius 1 is 1.33 bits per heavy atom. The van der Waals surface area contributed by atoms with Crippen LogP contribution in [0.3, 0.4) is 0 Å². The van der Waals surface area contributed by atoms with E-state index in [4.69, 9.17) is 4.74 Å². The molecule has 2 rings (SSSR count). The number of piperidine rings is 1. The van der Waals surface area contributed by atoms with E-state index in [1.54, 1.807) is 0 Å². The van der Waals surface area contributed by atoms with Crippen molar-refractivity contribution in [1.82, 2.24) is 10.2 Å². The molecule has 2 saturated heterocycles. The number of hydrogen-bond donors (Lipinski definition) is 1. The van der Waals surface area contributed by atoms with Gasteiger partial charge >= 0.3 is 0 Å². The molecule has 88 valence electrons. The standard InChI is InChI=1S/C12H24N2O/c1-2-7-15-8-6-14-9-11-4-3-5-13-12(11)10-14/h11-13H,2-10H2,1H3/t11-,12+/m0/s1. The number of rotatable bonds is 5. The molecule has 0 spiro atoms. The zero-order chi connectivity index (χ0) is 10.5. The zero-order valence-electron chi connectivity index (χ0n) is 9.87. The van der Waals surface area contributed by atoms with Gasteiger partial charge < -0.3 is 10.1 Å².